The molecule has 5 heteroatoms. The van der Waals surface area contributed by atoms with Gasteiger partial charge in [-0.05, 0) is 42.7 Å². The summed E-state index contributed by atoms with van der Waals surface area (Å²) in [6, 6.07) is 12.3. The highest BCUT2D eigenvalue weighted by atomic mass is 16.5. The predicted octanol–water partition coefficient (Wildman–Crippen LogP) is 6.39. The molecule has 0 amide bonds. The Bertz CT molecular complexity index is 936. The minimum atomic E-state index is -0.166. The molecule has 0 unspecified atom stereocenters. The summed E-state index contributed by atoms with van der Waals surface area (Å²) >= 11 is 0. The highest BCUT2D eigenvalue weighted by Gasteiger charge is 2.46. The summed E-state index contributed by atoms with van der Waals surface area (Å²) < 4.78 is 24.0. The number of carbonyl (C=O) groups excluding carboxylic acids is 1. The van der Waals surface area contributed by atoms with Crippen molar-refractivity contribution in [1.82, 2.24) is 0 Å². The van der Waals surface area contributed by atoms with Crippen molar-refractivity contribution in [3.63, 3.8) is 0 Å². The summed E-state index contributed by atoms with van der Waals surface area (Å²) in [5.41, 5.74) is 3.14. The highest BCUT2D eigenvalue weighted by Crippen LogP contribution is 2.54. The first kappa shape index (κ1) is 23.6. The van der Waals surface area contributed by atoms with Gasteiger partial charge in [0.2, 0.25) is 0 Å². The van der Waals surface area contributed by atoms with Gasteiger partial charge in [-0.1, -0.05) is 38.8 Å². The van der Waals surface area contributed by atoms with Gasteiger partial charge in [0, 0.05) is 42.9 Å². The van der Waals surface area contributed by atoms with Crippen LogP contribution in [0.2, 0.25) is 0 Å². The Labute approximate surface area is 197 Å². The van der Waals surface area contributed by atoms with E-state index in [2.05, 4.69) is 32.0 Å². The Morgan fingerprint density at radius 3 is 2.30 bits per heavy atom. The average Bonchev–Trinajstić information content (AvgIpc) is 3.21. The van der Waals surface area contributed by atoms with E-state index in [-0.39, 0.29) is 17.9 Å². The smallest absolute Gasteiger partial charge is 0.133 e. The molecule has 178 valence electrons. The molecule has 2 aliphatic rings. The van der Waals surface area contributed by atoms with Crippen LogP contribution in [0.5, 0.6) is 17.2 Å². The van der Waals surface area contributed by atoms with Crippen LogP contribution in [0.15, 0.2) is 36.4 Å². The molecular formula is C28H36O5. The first-order valence-corrected chi connectivity index (χ1v) is 12.3. The zero-order valence-electron chi connectivity index (χ0n) is 20.1. The number of ketones is 1. The summed E-state index contributed by atoms with van der Waals surface area (Å²) in [6.45, 7) is 6.16. The van der Waals surface area contributed by atoms with Crippen LogP contribution in [0.3, 0.4) is 0 Å². The Hall–Kier alpha value is -2.53. The van der Waals surface area contributed by atoms with Crippen molar-refractivity contribution in [2.45, 2.75) is 71.0 Å². The summed E-state index contributed by atoms with van der Waals surface area (Å²) in [6.07, 6.45) is 5.19. The van der Waals surface area contributed by atoms with E-state index in [0.29, 0.717) is 31.8 Å². The van der Waals surface area contributed by atoms with Gasteiger partial charge in [-0.3, -0.25) is 4.79 Å². The number of unbranched alkanes of at least 4 members (excludes halogenated alkanes) is 2. The molecule has 1 heterocycles. The van der Waals surface area contributed by atoms with Crippen molar-refractivity contribution in [2.24, 2.45) is 5.92 Å². The number of hydrogen-bond donors (Lipinski definition) is 0. The van der Waals surface area contributed by atoms with Crippen LogP contribution in [-0.4, -0.2) is 26.1 Å². The minimum Gasteiger partial charge on any atom is -0.494 e. The van der Waals surface area contributed by atoms with Crippen LogP contribution in [0.4, 0.5) is 0 Å². The maximum atomic E-state index is 12.6. The lowest BCUT2D eigenvalue weighted by molar-refractivity contribution is -0.117. The van der Waals surface area contributed by atoms with E-state index in [1.807, 2.05) is 18.2 Å². The number of carbonyl (C=O) groups is 1. The van der Waals surface area contributed by atoms with Crippen molar-refractivity contribution >= 4 is 5.78 Å². The second-order valence-electron chi connectivity index (χ2n) is 9.16. The Morgan fingerprint density at radius 1 is 0.939 bits per heavy atom. The normalized spacial score (nSPS) is 21.3. The van der Waals surface area contributed by atoms with E-state index >= 15 is 0 Å². The molecule has 0 radical (unpaired) electrons. The van der Waals surface area contributed by atoms with Crippen LogP contribution in [-0.2, 0) is 16.1 Å². The van der Waals surface area contributed by atoms with E-state index in [0.717, 1.165) is 66.2 Å². The Kier molecular flexibility index (Phi) is 7.92. The SMILES string of the molecule is CCCCOc1ccc([C@H]2Oc3c(COC)cc(OCCCC)cc3[C@H]3CC(=O)C[C@H]32)cc1. The molecule has 1 aliphatic carbocycles. The third-order valence-corrected chi connectivity index (χ3v) is 6.67. The van der Waals surface area contributed by atoms with Crippen LogP contribution in [0.1, 0.15) is 81.1 Å². The maximum Gasteiger partial charge on any atom is 0.133 e. The highest BCUT2D eigenvalue weighted by molar-refractivity contribution is 5.83. The van der Waals surface area contributed by atoms with Gasteiger partial charge in [0.25, 0.3) is 0 Å². The Morgan fingerprint density at radius 2 is 1.64 bits per heavy atom. The van der Waals surface area contributed by atoms with E-state index in [1.54, 1.807) is 7.11 Å². The number of Topliss-reactive ketones (excluding diaryl/α,β-unsaturated/α-hetero) is 1. The summed E-state index contributed by atoms with van der Waals surface area (Å²) in [5.74, 6) is 3.12. The fourth-order valence-electron chi connectivity index (χ4n) is 4.94. The maximum absolute atomic E-state index is 12.6. The fourth-order valence-corrected chi connectivity index (χ4v) is 4.94. The molecule has 4 rings (SSSR count). The standard InChI is InChI=1S/C28H36O5/c1-4-6-12-31-22-10-8-19(9-11-22)27-25-16-21(29)15-24(25)26-17-23(32-13-7-5-2)14-20(18-30-3)28(26)33-27/h8-11,14,17,24-25,27H,4-7,12-13,15-16,18H2,1-3H3/t24-,25+,27+/m0/s1. The van der Waals surface area contributed by atoms with E-state index in [4.69, 9.17) is 18.9 Å². The van der Waals surface area contributed by atoms with Crippen molar-refractivity contribution in [1.29, 1.82) is 0 Å². The van der Waals surface area contributed by atoms with Crippen molar-refractivity contribution < 1.29 is 23.7 Å². The first-order chi connectivity index (χ1) is 16.1. The lowest BCUT2D eigenvalue weighted by atomic mass is 9.79. The molecule has 0 N–H and O–H groups in total. The largest absolute Gasteiger partial charge is 0.494 e. The molecule has 1 aliphatic heterocycles. The molecule has 2 aromatic carbocycles. The summed E-state index contributed by atoms with van der Waals surface area (Å²) in [4.78, 5) is 12.6. The molecule has 2 aromatic rings. The number of rotatable bonds is 11. The monoisotopic (exact) mass is 452 g/mol. The zero-order chi connectivity index (χ0) is 23.2. The number of ether oxygens (including phenoxy) is 4. The molecule has 0 saturated heterocycles. The average molecular weight is 453 g/mol. The molecule has 0 aromatic heterocycles. The second-order valence-corrected chi connectivity index (χ2v) is 9.16. The molecule has 5 nitrogen and oxygen atoms in total. The predicted molar refractivity (Wildman–Crippen MR) is 128 cm³/mol. The van der Waals surface area contributed by atoms with Gasteiger partial charge in [-0.15, -0.1) is 0 Å². The van der Waals surface area contributed by atoms with Crippen LogP contribution < -0.4 is 14.2 Å². The topological polar surface area (TPSA) is 54.0 Å². The van der Waals surface area contributed by atoms with Gasteiger partial charge in [0.05, 0.1) is 19.8 Å². The zero-order valence-corrected chi connectivity index (χ0v) is 20.1. The molecule has 33 heavy (non-hydrogen) atoms. The molecule has 1 saturated carbocycles. The van der Waals surface area contributed by atoms with E-state index < -0.39 is 0 Å². The molecule has 3 atom stereocenters. The lowest BCUT2D eigenvalue weighted by Gasteiger charge is -2.37. The molecule has 0 spiro atoms. The Balaban J connectivity index is 1.64. The summed E-state index contributed by atoms with van der Waals surface area (Å²) in [7, 11) is 1.69. The van der Waals surface area contributed by atoms with Crippen molar-refractivity contribution in [2.75, 3.05) is 20.3 Å². The van der Waals surface area contributed by atoms with Gasteiger partial charge in [-0.25, -0.2) is 0 Å². The minimum absolute atomic E-state index is 0.123. The quantitative estimate of drug-likeness (QED) is 0.370. The molecular weight excluding hydrogens is 416 g/mol. The van der Waals surface area contributed by atoms with Gasteiger partial charge in [0.1, 0.15) is 29.1 Å². The number of fused-ring (bicyclic) bond motifs is 3. The lowest BCUT2D eigenvalue weighted by Crippen LogP contribution is -2.27. The summed E-state index contributed by atoms with van der Waals surface area (Å²) in [5, 5.41) is 0. The third-order valence-electron chi connectivity index (χ3n) is 6.67. The van der Waals surface area contributed by atoms with Crippen LogP contribution in [0, 0.1) is 5.92 Å². The third kappa shape index (κ3) is 5.35. The van der Waals surface area contributed by atoms with Gasteiger partial charge >= 0.3 is 0 Å². The fraction of sp³-hybridized carbons (Fsp3) is 0.536. The molecule has 1 fully saturated rings. The number of methoxy groups -OCH3 is 1. The first-order valence-electron chi connectivity index (χ1n) is 12.3. The van der Waals surface area contributed by atoms with Gasteiger partial charge in [0.15, 0.2) is 0 Å². The van der Waals surface area contributed by atoms with E-state index in [1.165, 1.54) is 0 Å². The van der Waals surface area contributed by atoms with Crippen molar-refractivity contribution in [3.8, 4) is 17.2 Å². The second kappa shape index (κ2) is 11.1. The number of benzene rings is 2. The van der Waals surface area contributed by atoms with Crippen LogP contribution >= 0.6 is 0 Å². The van der Waals surface area contributed by atoms with E-state index in [9.17, 15) is 4.79 Å². The van der Waals surface area contributed by atoms with Gasteiger partial charge in [-0.2, -0.15) is 0 Å². The molecule has 0 bridgehead atoms. The van der Waals surface area contributed by atoms with Gasteiger partial charge < -0.3 is 18.9 Å². The number of hydrogen-bond acceptors (Lipinski definition) is 5. The van der Waals surface area contributed by atoms with Crippen LogP contribution in [0.25, 0.3) is 0 Å². The van der Waals surface area contributed by atoms with Crippen molar-refractivity contribution in [3.05, 3.63) is 53.1 Å².